The molecule has 13 heavy (non-hydrogen) atoms. The van der Waals surface area contributed by atoms with Crippen LogP contribution in [0.4, 0.5) is 0 Å². The summed E-state index contributed by atoms with van der Waals surface area (Å²) in [6.45, 7) is 4.75. The van der Waals surface area contributed by atoms with Crippen LogP contribution in [0.3, 0.4) is 0 Å². The van der Waals surface area contributed by atoms with Crippen LogP contribution in [-0.2, 0) is 0 Å². The first-order chi connectivity index (χ1) is 6.06. The van der Waals surface area contributed by atoms with Crippen molar-refractivity contribution in [3.63, 3.8) is 0 Å². The topological polar surface area (TPSA) is 29.3 Å². The lowest BCUT2D eigenvalue weighted by Crippen LogP contribution is -2.53. The number of nitrogens with zero attached hydrogens (tertiary/aromatic N) is 1. The van der Waals surface area contributed by atoms with Crippen molar-refractivity contribution in [2.24, 2.45) is 11.1 Å². The number of likely N-dealkylation sites (tertiary alicyclic amines) is 1. The van der Waals surface area contributed by atoms with Gasteiger partial charge in [-0.25, -0.2) is 0 Å². The largest absolute Gasteiger partial charge is 0.325 e. The van der Waals surface area contributed by atoms with Gasteiger partial charge >= 0.3 is 0 Å². The fraction of sp³-hybridized carbons (Fsp3) is 1.00. The molecule has 2 rings (SSSR count). The maximum atomic E-state index is 6.41. The van der Waals surface area contributed by atoms with Gasteiger partial charge in [-0.05, 0) is 58.2 Å². The summed E-state index contributed by atoms with van der Waals surface area (Å²) in [5.74, 6) is 0. The average molecular weight is 182 g/mol. The Hall–Kier alpha value is -0.0800. The molecular formula is C11H22N2. The van der Waals surface area contributed by atoms with Gasteiger partial charge in [0.25, 0.3) is 0 Å². The van der Waals surface area contributed by atoms with Crippen molar-refractivity contribution < 1.29 is 0 Å². The summed E-state index contributed by atoms with van der Waals surface area (Å²) < 4.78 is 0. The normalized spacial score (nSPS) is 39.9. The summed E-state index contributed by atoms with van der Waals surface area (Å²) >= 11 is 0. The minimum atomic E-state index is 0.119. The van der Waals surface area contributed by atoms with Crippen LogP contribution in [0.1, 0.15) is 39.0 Å². The Morgan fingerprint density at radius 1 is 1.08 bits per heavy atom. The number of piperidine rings is 1. The predicted molar refractivity (Wildman–Crippen MR) is 55.6 cm³/mol. The van der Waals surface area contributed by atoms with Crippen molar-refractivity contribution in [3.05, 3.63) is 0 Å². The van der Waals surface area contributed by atoms with Gasteiger partial charge < -0.3 is 10.6 Å². The Kier molecular flexibility index (Phi) is 2.16. The SMILES string of the molecule is CN1CCC2(CCCC2(C)N)CC1. The Balaban J connectivity index is 2.12. The Bertz CT molecular complexity index is 190. The quantitative estimate of drug-likeness (QED) is 0.616. The number of nitrogens with two attached hydrogens (primary N) is 1. The molecule has 1 spiro atoms. The third kappa shape index (κ3) is 1.40. The zero-order chi connectivity index (χ0) is 9.53. The van der Waals surface area contributed by atoms with E-state index in [2.05, 4.69) is 18.9 Å². The second-order valence-electron chi connectivity index (χ2n) is 5.35. The van der Waals surface area contributed by atoms with Crippen molar-refractivity contribution in [1.29, 1.82) is 0 Å². The first kappa shape index (κ1) is 9.47. The minimum Gasteiger partial charge on any atom is -0.325 e. The molecule has 1 saturated carbocycles. The van der Waals surface area contributed by atoms with Crippen molar-refractivity contribution in [2.75, 3.05) is 20.1 Å². The van der Waals surface area contributed by atoms with E-state index in [1.54, 1.807) is 0 Å². The van der Waals surface area contributed by atoms with E-state index in [1.807, 2.05) is 0 Å². The zero-order valence-electron chi connectivity index (χ0n) is 8.97. The van der Waals surface area contributed by atoms with E-state index in [4.69, 9.17) is 5.73 Å². The summed E-state index contributed by atoms with van der Waals surface area (Å²) in [6, 6.07) is 0. The molecule has 0 aromatic heterocycles. The molecule has 1 unspecified atom stereocenters. The maximum Gasteiger partial charge on any atom is 0.0183 e. The van der Waals surface area contributed by atoms with E-state index in [1.165, 1.54) is 45.2 Å². The fourth-order valence-corrected chi connectivity index (χ4v) is 3.21. The molecule has 2 nitrogen and oxygen atoms in total. The molecule has 2 N–H and O–H groups in total. The molecule has 2 aliphatic rings. The third-order valence-corrected chi connectivity index (χ3v) is 4.51. The van der Waals surface area contributed by atoms with Crippen LogP contribution in [0.5, 0.6) is 0 Å². The minimum absolute atomic E-state index is 0.119. The highest BCUT2D eigenvalue weighted by Crippen LogP contribution is 2.51. The van der Waals surface area contributed by atoms with Gasteiger partial charge in [0.2, 0.25) is 0 Å². The summed E-state index contributed by atoms with van der Waals surface area (Å²) in [4.78, 5) is 2.43. The Morgan fingerprint density at radius 2 is 1.69 bits per heavy atom. The molecule has 1 aliphatic carbocycles. The molecule has 0 amide bonds. The molecule has 1 heterocycles. The average Bonchev–Trinajstić information content (AvgIpc) is 2.34. The molecule has 2 heteroatoms. The van der Waals surface area contributed by atoms with E-state index < -0.39 is 0 Å². The second-order valence-corrected chi connectivity index (χ2v) is 5.35. The lowest BCUT2D eigenvalue weighted by atomic mass is 9.67. The number of rotatable bonds is 0. The van der Waals surface area contributed by atoms with Crippen LogP contribution in [0, 0.1) is 5.41 Å². The Labute approximate surface area is 81.5 Å². The smallest absolute Gasteiger partial charge is 0.0183 e. The maximum absolute atomic E-state index is 6.41. The standard InChI is InChI=1S/C11H22N2/c1-10(12)4-3-5-11(10)6-8-13(2)9-7-11/h3-9,12H2,1-2H3. The molecule has 0 aromatic rings. The highest BCUT2D eigenvalue weighted by atomic mass is 15.1. The molecule has 0 bridgehead atoms. The second kappa shape index (κ2) is 2.96. The van der Waals surface area contributed by atoms with Gasteiger partial charge in [0.05, 0.1) is 0 Å². The van der Waals surface area contributed by atoms with Crippen molar-refractivity contribution >= 4 is 0 Å². The van der Waals surface area contributed by atoms with Crippen LogP contribution >= 0.6 is 0 Å². The zero-order valence-corrected chi connectivity index (χ0v) is 8.97. The summed E-state index contributed by atoms with van der Waals surface area (Å²) in [6.07, 6.45) is 6.58. The van der Waals surface area contributed by atoms with E-state index >= 15 is 0 Å². The van der Waals surface area contributed by atoms with Crippen LogP contribution < -0.4 is 5.73 Å². The van der Waals surface area contributed by atoms with E-state index in [9.17, 15) is 0 Å². The molecule has 76 valence electrons. The van der Waals surface area contributed by atoms with Crippen LogP contribution in [0.15, 0.2) is 0 Å². The predicted octanol–water partition coefficient (Wildman–Crippen LogP) is 1.60. The molecule has 1 saturated heterocycles. The summed E-state index contributed by atoms with van der Waals surface area (Å²) in [7, 11) is 2.22. The van der Waals surface area contributed by atoms with Gasteiger partial charge in [-0.3, -0.25) is 0 Å². The lowest BCUT2D eigenvalue weighted by Gasteiger charge is -2.46. The third-order valence-electron chi connectivity index (χ3n) is 4.51. The van der Waals surface area contributed by atoms with Crippen LogP contribution in [0.2, 0.25) is 0 Å². The van der Waals surface area contributed by atoms with Gasteiger partial charge in [-0.15, -0.1) is 0 Å². The molecule has 0 aromatic carbocycles. The van der Waals surface area contributed by atoms with E-state index in [0.717, 1.165) is 0 Å². The monoisotopic (exact) mass is 182 g/mol. The van der Waals surface area contributed by atoms with Gasteiger partial charge in [0.1, 0.15) is 0 Å². The first-order valence-corrected chi connectivity index (χ1v) is 5.53. The van der Waals surface area contributed by atoms with Crippen LogP contribution in [0.25, 0.3) is 0 Å². The first-order valence-electron chi connectivity index (χ1n) is 5.53. The lowest BCUT2D eigenvalue weighted by molar-refractivity contribution is 0.0702. The van der Waals surface area contributed by atoms with Gasteiger partial charge in [-0.2, -0.15) is 0 Å². The number of hydrogen-bond acceptors (Lipinski definition) is 2. The van der Waals surface area contributed by atoms with Gasteiger partial charge in [0.15, 0.2) is 0 Å². The van der Waals surface area contributed by atoms with Gasteiger partial charge in [0, 0.05) is 5.54 Å². The molecule has 0 radical (unpaired) electrons. The van der Waals surface area contributed by atoms with Gasteiger partial charge in [-0.1, -0.05) is 6.42 Å². The summed E-state index contributed by atoms with van der Waals surface area (Å²) in [5.41, 5.74) is 7.02. The molecular weight excluding hydrogens is 160 g/mol. The van der Waals surface area contributed by atoms with Crippen molar-refractivity contribution in [1.82, 2.24) is 4.90 Å². The molecule has 1 aliphatic heterocycles. The highest BCUT2D eigenvalue weighted by molar-refractivity contribution is 5.06. The number of hydrogen-bond donors (Lipinski definition) is 1. The molecule has 1 atom stereocenters. The molecule has 2 fully saturated rings. The van der Waals surface area contributed by atoms with Crippen LogP contribution in [-0.4, -0.2) is 30.6 Å². The van der Waals surface area contributed by atoms with E-state index in [0.29, 0.717) is 5.41 Å². The Morgan fingerprint density at radius 3 is 2.15 bits per heavy atom. The van der Waals surface area contributed by atoms with E-state index in [-0.39, 0.29) is 5.54 Å². The van der Waals surface area contributed by atoms with Crippen molar-refractivity contribution in [3.8, 4) is 0 Å². The fourth-order valence-electron chi connectivity index (χ4n) is 3.21. The summed E-state index contributed by atoms with van der Waals surface area (Å²) in [5, 5.41) is 0. The van der Waals surface area contributed by atoms with Crippen molar-refractivity contribution in [2.45, 2.75) is 44.6 Å². The highest BCUT2D eigenvalue weighted by Gasteiger charge is 2.49.